The molecule has 0 bridgehead atoms. The van der Waals surface area contributed by atoms with E-state index < -0.39 is 0 Å². The number of hydrogen-bond acceptors (Lipinski definition) is 3. The van der Waals surface area contributed by atoms with Crippen LogP contribution in [0.2, 0.25) is 0 Å². The molecule has 0 radical (unpaired) electrons. The van der Waals surface area contributed by atoms with E-state index in [2.05, 4.69) is 27.7 Å². The zero-order chi connectivity index (χ0) is 18.9. The van der Waals surface area contributed by atoms with Crippen molar-refractivity contribution in [3.05, 3.63) is 11.6 Å². The molecule has 0 saturated heterocycles. The normalized spacial score (nSPS) is 47.1. The zero-order valence-electron chi connectivity index (χ0n) is 16.7. The largest absolute Gasteiger partial charge is 0.395 e. The summed E-state index contributed by atoms with van der Waals surface area (Å²) >= 11 is 0. The summed E-state index contributed by atoms with van der Waals surface area (Å²) in [5, 5.41) is 20.6. The van der Waals surface area contributed by atoms with Crippen LogP contribution in [-0.2, 0) is 4.79 Å². The van der Waals surface area contributed by atoms with E-state index in [0.29, 0.717) is 30.2 Å². The number of nitrogens with zero attached hydrogens (tertiary/aromatic N) is 1. The molecule has 0 aromatic heterocycles. The molecule has 4 nitrogen and oxygen atoms in total. The summed E-state index contributed by atoms with van der Waals surface area (Å²) < 4.78 is 0. The van der Waals surface area contributed by atoms with Crippen molar-refractivity contribution in [2.75, 3.05) is 13.2 Å². The summed E-state index contributed by atoms with van der Waals surface area (Å²) in [6, 6.07) is 0.156. The Morgan fingerprint density at radius 1 is 1.23 bits per heavy atom. The van der Waals surface area contributed by atoms with E-state index in [-0.39, 0.29) is 35.5 Å². The van der Waals surface area contributed by atoms with Crippen LogP contribution in [0.15, 0.2) is 11.6 Å². The molecule has 1 aliphatic heterocycles. The minimum Gasteiger partial charge on any atom is -0.395 e. The molecule has 2 N–H and O–H groups in total. The van der Waals surface area contributed by atoms with Gasteiger partial charge < -0.3 is 15.1 Å². The van der Waals surface area contributed by atoms with E-state index in [9.17, 15) is 15.0 Å². The second-order valence-corrected chi connectivity index (χ2v) is 10.3. The topological polar surface area (TPSA) is 60.8 Å². The Bertz CT molecular complexity index is 627. The molecular formula is C22H35NO3. The summed E-state index contributed by atoms with van der Waals surface area (Å²) in [5.74, 6) is 1.75. The number of amides is 1. The van der Waals surface area contributed by atoms with Crippen LogP contribution in [0, 0.1) is 34.5 Å². The van der Waals surface area contributed by atoms with E-state index in [4.69, 9.17) is 0 Å². The lowest BCUT2D eigenvalue weighted by atomic mass is 9.42. The van der Waals surface area contributed by atoms with Crippen molar-refractivity contribution >= 4 is 5.91 Å². The van der Waals surface area contributed by atoms with Crippen molar-refractivity contribution in [3.8, 4) is 0 Å². The zero-order valence-corrected chi connectivity index (χ0v) is 16.7. The van der Waals surface area contributed by atoms with Gasteiger partial charge in [-0.15, -0.1) is 0 Å². The first-order valence-corrected chi connectivity index (χ1v) is 10.5. The van der Waals surface area contributed by atoms with Gasteiger partial charge in [0.25, 0.3) is 0 Å². The summed E-state index contributed by atoms with van der Waals surface area (Å²) in [6.45, 7) is 9.82. The molecule has 7 atom stereocenters. The lowest BCUT2D eigenvalue weighted by Gasteiger charge is -2.64. The van der Waals surface area contributed by atoms with Gasteiger partial charge in [0.15, 0.2) is 0 Å². The molecule has 146 valence electrons. The van der Waals surface area contributed by atoms with Gasteiger partial charge in [0.05, 0.1) is 18.8 Å². The Kier molecular flexibility index (Phi) is 4.31. The standard InChI is InChI=1S/C22H35NO3/c1-13-14-10-18(25)20-21(2,3)6-5-7-22(20,4)16(14)12-17-15(13)11-19(26)23(17)8-9-24/h11,13-14,16-18,20,24-25H,5-10,12H2,1-4H3/t13-,14+,16+,17-,18-,20+,22-/m1/s1. The third-order valence-corrected chi connectivity index (χ3v) is 8.67. The number of carbonyl (C=O) groups excluding carboxylic acids is 1. The Labute approximate surface area is 157 Å². The van der Waals surface area contributed by atoms with Gasteiger partial charge in [0.1, 0.15) is 0 Å². The van der Waals surface area contributed by atoms with E-state index in [0.717, 1.165) is 12.8 Å². The maximum atomic E-state index is 12.5. The molecule has 0 aromatic carbocycles. The highest BCUT2D eigenvalue weighted by Gasteiger charge is 2.61. The number of β-amino-alcohol motifs (C(OH)–C–C–N with tert-alkyl or cyclic N) is 1. The average molecular weight is 362 g/mol. The Balaban J connectivity index is 1.72. The maximum absolute atomic E-state index is 12.5. The van der Waals surface area contributed by atoms with Crippen LogP contribution in [-0.4, -0.2) is 46.3 Å². The summed E-state index contributed by atoms with van der Waals surface area (Å²) in [7, 11) is 0. The monoisotopic (exact) mass is 361 g/mol. The van der Waals surface area contributed by atoms with Crippen LogP contribution >= 0.6 is 0 Å². The molecule has 3 fully saturated rings. The van der Waals surface area contributed by atoms with Crippen LogP contribution < -0.4 is 0 Å². The van der Waals surface area contributed by atoms with Crippen molar-refractivity contribution in [2.24, 2.45) is 34.5 Å². The number of hydrogen-bond donors (Lipinski definition) is 2. The van der Waals surface area contributed by atoms with Crippen LogP contribution in [0.1, 0.15) is 59.8 Å². The average Bonchev–Trinajstić information content (AvgIpc) is 2.85. The molecule has 1 heterocycles. The lowest BCUT2D eigenvalue weighted by molar-refractivity contribution is -0.176. The smallest absolute Gasteiger partial charge is 0.247 e. The van der Waals surface area contributed by atoms with Crippen molar-refractivity contribution in [1.82, 2.24) is 4.90 Å². The second kappa shape index (κ2) is 6.07. The van der Waals surface area contributed by atoms with E-state index in [1.807, 2.05) is 11.0 Å². The number of fused-ring (bicyclic) bond motifs is 4. The SMILES string of the molecule is C[C@H]1C2=CC(=O)N(CCO)[C@@H]2C[C@H]2[C@H]1C[C@@H](O)[C@H]1C(C)(C)CCC[C@]21C. The first-order chi connectivity index (χ1) is 12.2. The van der Waals surface area contributed by atoms with Gasteiger partial charge in [0, 0.05) is 12.6 Å². The van der Waals surface area contributed by atoms with Gasteiger partial charge in [-0.1, -0.05) is 34.1 Å². The molecule has 26 heavy (non-hydrogen) atoms. The first-order valence-electron chi connectivity index (χ1n) is 10.5. The molecule has 0 spiro atoms. The fourth-order valence-electron chi connectivity index (χ4n) is 7.78. The van der Waals surface area contributed by atoms with Crippen LogP contribution in [0.25, 0.3) is 0 Å². The Morgan fingerprint density at radius 2 is 1.96 bits per heavy atom. The van der Waals surface area contributed by atoms with Gasteiger partial charge in [-0.2, -0.15) is 0 Å². The van der Waals surface area contributed by atoms with E-state index in [1.165, 1.54) is 24.8 Å². The van der Waals surface area contributed by atoms with Crippen molar-refractivity contribution in [3.63, 3.8) is 0 Å². The predicted molar refractivity (Wildman–Crippen MR) is 101 cm³/mol. The lowest BCUT2D eigenvalue weighted by Crippen LogP contribution is -2.61. The number of carbonyl (C=O) groups is 1. The van der Waals surface area contributed by atoms with Gasteiger partial charge in [-0.05, 0) is 65.8 Å². The Morgan fingerprint density at radius 3 is 2.65 bits per heavy atom. The van der Waals surface area contributed by atoms with Gasteiger partial charge in [-0.25, -0.2) is 0 Å². The fourth-order valence-corrected chi connectivity index (χ4v) is 7.78. The molecule has 4 aliphatic rings. The summed E-state index contributed by atoms with van der Waals surface area (Å²) in [6.07, 6.45) is 7.08. The number of aliphatic hydroxyl groups is 2. The molecule has 0 aromatic rings. The first kappa shape index (κ1) is 18.5. The molecule has 3 saturated carbocycles. The van der Waals surface area contributed by atoms with Crippen molar-refractivity contribution in [1.29, 1.82) is 0 Å². The quantitative estimate of drug-likeness (QED) is 0.795. The molecule has 1 amide bonds. The van der Waals surface area contributed by atoms with Crippen LogP contribution in [0.3, 0.4) is 0 Å². The minimum atomic E-state index is -0.234. The molecule has 3 aliphatic carbocycles. The minimum absolute atomic E-state index is 0.0253. The fraction of sp³-hybridized carbons (Fsp3) is 0.864. The highest BCUT2D eigenvalue weighted by Crippen LogP contribution is 2.65. The van der Waals surface area contributed by atoms with Crippen molar-refractivity contribution < 1.29 is 15.0 Å². The maximum Gasteiger partial charge on any atom is 0.247 e. The second-order valence-electron chi connectivity index (χ2n) is 10.3. The highest BCUT2D eigenvalue weighted by molar-refractivity contribution is 5.92. The highest BCUT2D eigenvalue weighted by atomic mass is 16.3. The summed E-state index contributed by atoms with van der Waals surface area (Å²) in [5.41, 5.74) is 1.56. The predicted octanol–water partition coefficient (Wildman–Crippen LogP) is 2.99. The summed E-state index contributed by atoms with van der Waals surface area (Å²) in [4.78, 5) is 14.4. The van der Waals surface area contributed by atoms with Gasteiger partial charge in [0.2, 0.25) is 5.91 Å². The van der Waals surface area contributed by atoms with Crippen LogP contribution in [0.4, 0.5) is 0 Å². The molecular weight excluding hydrogens is 326 g/mol. The van der Waals surface area contributed by atoms with Gasteiger partial charge in [-0.3, -0.25) is 4.79 Å². The third-order valence-electron chi connectivity index (χ3n) is 8.67. The number of rotatable bonds is 2. The Hall–Kier alpha value is -0.870. The molecule has 0 unspecified atom stereocenters. The van der Waals surface area contributed by atoms with E-state index >= 15 is 0 Å². The van der Waals surface area contributed by atoms with Crippen LogP contribution in [0.5, 0.6) is 0 Å². The van der Waals surface area contributed by atoms with Crippen molar-refractivity contribution in [2.45, 2.75) is 71.9 Å². The number of aliphatic hydroxyl groups excluding tert-OH is 2. The van der Waals surface area contributed by atoms with E-state index in [1.54, 1.807) is 0 Å². The molecule has 4 rings (SSSR count). The third kappa shape index (κ3) is 2.44. The molecule has 4 heteroatoms. The van der Waals surface area contributed by atoms with Gasteiger partial charge >= 0.3 is 0 Å².